The highest BCUT2D eigenvalue weighted by Crippen LogP contribution is 2.21. The standard InChI is InChI=1S/C7H10F3NO4/c1-3-15-6(13)4(11-14-2)5(12)7(8,9)10/h5,12H,3H2,1-2H3/b11-4-/t5-/m1/s1. The summed E-state index contributed by atoms with van der Waals surface area (Å²) in [6, 6.07) is 0. The number of nitrogens with zero attached hydrogens (tertiary/aromatic N) is 1. The highest BCUT2D eigenvalue weighted by Gasteiger charge is 2.45. The molecule has 88 valence electrons. The van der Waals surface area contributed by atoms with Crippen molar-refractivity contribution in [1.29, 1.82) is 0 Å². The number of rotatable bonds is 4. The molecule has 8 heteroatoms. The molecule has 0 unspecified atom stereocenters. The number of oxime groups is 1. The average molecular weight is 229 g/mol. The maximum atomic E-state index is 12.0. The van der Waals surface area contributed by atoms with Crippen LogP contribution in [0.5, 0.6) is 0 Å². The van der Waals surface area contributed by atoms with Crippen LogP contribution in [0.15, 0.2) is 5.16 Å². The molecule has 1 N–H and O–H groups in total. The Morgan fingerprint density at radius 3 is 2.40 bits per heavy atom. The first-order valence-corrected chi connectivity index (χ1v) is 3.87. The Kier molecular flexibility index (Phi) is 5.06. The number of halogens is 3. The lowest BCUT2D eigenvalue weighted by Gasteiger charge is -2.14. The molecule has 0 spiro atoms. The van der Waals surface area contributed by atoms with Gasteiger partial charge in [-0.15, -0.1) is 0 Å². The number of esters is 1. The summed E-state index contributed by atoms with van der Waals surface area (Å²) in [5.41, 5.74) is -1.23. The van der Waals surface area contributed by atoms with Crippen LogP contribution >= 0.6 is 0 Å². The van der Waals surface area contributed by atoms with Gasteiger partial charge in [0, 0.05) is 0 Å². The Hall–Kier alpha value is -1.31. The molecule has 0 aliphatic carbocycles. The topological polar surface area (TPSA) is 68.1 Å². The molecular formula is C7H10F3NO4. The van der Waals surface area contributed by atoms with Gasteiger partial charge in [-0.25, -0.2) is 4.79 Å². The van der Waals surface area contributed by atoms with Crippen molar-refractivity contribution in [2.75, 3.05) is 13.7 Å². The number of carbonyl (C=O) groups excluding carboxylic acids is 1. The van der Waals surface area contributed by atoms with Crippen LogP contribution in [0.2, 0.25) is 0 Å². The van der Waals surface area contributed by atoms with Crippen molar-refractivity contribution >= 4 is 11.7 Å². The van der Waals surface area contributed by atoms with Gasteiger partial charge in [0.15, 0.2) is 0 Å². The molecule has 0 saturated carbocycles. The van der Waals surface area contributed by atoms with Gasteiger partial charge in [0.25, 0.3) is 0 Å². The first-order chi connectivity index (χ1) is 6.84. The number of hydrogen-bond acceptors (Lipinski definition) is 5. The van der Waals surface area contributed by atoms with Crippen molar-refractivity contribution in [3.8, 4) is 0 Å². The van der Waals surface area contributed by atoms with Gasteiger partial charge < -0.3 is 14.7 Å². The molecule has 0 aliphatic rings. The molecule has 0 aliphatic heterocycles. The van der Waals surface area contributed by atoms with Gasteiger partial charge in [0.05, 0.1) is 6.61 Å². The molecular weight excluding hydrogens is 219 g/mol. The van der Waals surface area contributed by atoms with Crippen LogP contribution < -0.4 is 0 Å². The minimum Gasteiger partial charge on any atom is -0.461 e. The molecule has 0 heterocycles. The second-order valence-corrected chi connectivity index (χ2v) is 2.32. The number of carbonyl (C=O) groups is 1. The van der Waals surface area contributed by atoms with Crippen LogP contribution in [0.1, 0.15) is 6.92 Å². The number of aliphatic hydroxyl groups excluding tert-OH is 1. The monoisotopic (exact) mass is 229 g/mol. The molecule has 0 amide bonds. The van der Waals surface area contributed by atoms with E-state index in [1.165, 1.54) is 6.92 Å². The first-order valence-electron chi connectivity index (χ1n) is 3.87. The van der Waals surface area contributed by atoms with Gasteiger partial charge in [0.1, 0.15) is 7.11 Å². The molecule has 0 rings (SSSR count). The average Bonchev–Trinajstić information content (AvgIpc) is 2.12. The van der Waals surface area contributed by atoms with Crippen LogP contribution in [-0.4, -0.2) is 42.8 Å². The lowest BCUT2D eigenvalue weighted by atomic mass is 10.2. The highest BCUT2D eigenvalue weighted by molar-refractivity contribution is 6.38. The third kappa shape index (κ3) is 4.15. The summed E-state index contributed by atoms with van der Waals surface area (Å²) in [4.78, 5) is 14.9. The van der Waals surface area contributed by atoms with Crippen LogP contribution in [0.4, 0.5) is 13.2 Å². The van der Waals surface area contributed by atoms with E-state index >= 15 is 0 Å². The maximum absolute atomic E-state index is 12.0. The fraction of sp³-hybridized carbons (Fsp3) is 0.714. The Balaban J connectivity index is 4.83. The van der Waals surface area contributed by atoms with Crippen molar-refractivity contribution in [1.82, 2.24) is 0 Å². The second kappa shape index (κ2) is 5.54. The van der Waals surface area contributed by atoms with Gasteiger partial charge >= 0.3 is 12.1 Å². The lowest BCUT2D eigenvalue weighted by Crippen LogP contribution is -2.41. The predicted molar refractivity (Wildman–Crippen MR) is 43.1 cm³/mol. The maximum Gasteiger partial charge on any atom is 0.420 e. The largest absolute Gasteiger partial charge is 0.461 e. The molecule has 1 atom stereocenters. The molecule has 0 aromatic rings. The van der Waals surface area contributed by atoms with Crippen LogP contribution in [0.3, 0.4) is 0 Å². The second-order valence-electron chi connectivity index (χ2n) is 2.32. The Morgan fingerprint density at radius 1 is 1.53 bits per heavy atom. The van der Waals surface area contributed by atoms with Gasteiger partial charge in [0.2, 0.25) is 11.8 Å². The van der Waals surface area contributed by atoms with E-state index in [1.807, 2.05) is 0 Å². The Labute approximate surface area is 83.5 Å². The minimum absolute atomic E-state index is 0.133. The molecule has 15 heavy (non-hydrogen) atoms. The van der Waals surface area contributed by atoms with E-state index in [0.29, 0.717) is 0 Å². The Bertz CT molecular complexity index is 251. The smallest absolute Gasteiger partial charge is 0.420 e. The van der Waals surface area contributed by atoms with Gasteiger partial charge in [-0.2, -0.15) is 13.2 Å². The van der Waals surface area contributed by atoms with Crippen molar-refractivity contribution in [3.63, 3.8) is 0 Å². The van der Waals surface area contributed by atoms with Crippen LogP contribution in [-0.2, 0) is 14.4 Å². The minimum atomic E-state index is -5.00. The molecule has 0 bridgehead atoms. The van der Waals surface area contributed by atoms with Crippen molar-refractivity contribution < 1.29 is 32.6 Å². The number of hydrogen-bond donors (Lipinski definition) is 1. The quantitative estimate of drug-likeness (QED) is 0.432. The fourth-order valence-corrected chi connectivity index (χ4v) is 0.657. The summed E-state index contributed by atoms with van der Waals surface area (Å²) in [5.74, 6) is -1.37. The van der Waals surface area contributed by atoms with Crippen LogP contribution in [0.25, 0.3) is 0 Å². The third-order valence-corrected chi connectivity index (χ3v) is 1.24. The normalized spacial score (nSPS) is 14.7. The SMILES string of the molecule is CCOC(=O)/C(=N\OC)[C@@H](O)C(F)(F)F. The molecule has 0 radical (unpaired) electrons. The Morgan fingerprint density at radius 2 is 2.07 bits per heavy atom. The molecule has 0 aromatic heterocycles. The van der Waals surface area contributed by atoms with E-state index < -0.39 is 24.0 Å². The summed E-state index contributed by atoms with van der Waals surface area (Å²) in [6.07, 6.45) is -8.01. The summed E-state index contributed by atoms with van der Waals surface area (Å²) < 4.78 is 40.4. The van der Waals surface area contributed by atoms with Crippen molar-refractivity contribution in [3.05, 3.63) is 0 Å². The zero-order valence-corrected chi connectivity index (χ0v) is 8.04. The fourth-order valence-electron chi connectivity index (χ4n) is 0.657. The van der Waals surface area contributed by atoms with E-state index in [1.54, 1.807) is 0 Å². The van der Waals surface area contributed by atoms with E-state index in [-0.39, 0.29) is 6.61 Å². The predicted octanol–water partition coefficient (Wildman–Crippen LogP) is 0.475. The van der Waals surface area contributed by atoms with Gasteiger partial charge in [-0.05, 0) is 6.92 Å². The summed E-state index contributed by atoms with van der Waals surface area (Å²) in [7, 11) is 0.947. The lowest BCUT2D eigenvalue weighted by molar-refractivity contribution is -0.184. The molecule has 0 fully saturated rings. The van der Waals surface area contributed by atoms with E-state index in [9.17, 15) is 18.0 Å². The van der Waals surface area contributed by atoms with Crippen LogP contribution in [0, 0.1) is 0 Å². The van der Waals surface area contributed by atoms with Gasteiger partial charge in [-0.1, -0.05) is 5.16 Å². The number of ether oxygens (including phenoxy) is 1. The van der Waals surface area contributed by atoms with Gasteiger partial charge in [-0.3, -0.25) is 0 Å². The molecule has 0 aromatic carbocycles. The summed E-state index contributed by atoms with van der Waals surface area (Å²) in [5, 5.41) is 11.5. The summed E-state index contributed by atoms with van der Waals surface area (Å²) in [6.45, 7) is 1.27. The number of alkyl halides is 3. The van der Waals surface area contributed by atoms with E-state index in [0.717, 1.165) is 7.11 Å². The zero-order valence-electron chi connectivity index (χ0n) is 8.04. The van der Waals surface area contributed by atoms with E-state index in [4.69, 9.17) is 5.11 Å². The third-order valence-electron chi connectivity index (χ3n) is 1.24. The number of aliphatic hydroxyl groups is 1. The summed E-state index contributed by atoms with van der Waals surface area (Å²) >= 11 is 0. The first kappa shape index (κ1) is 13.7. The van der Waals surface area contributed by atoms with Crippen molar-refractivity contribution in [2.45, 2.75) is 19.2 Å². The highest BCUT2D eigenvalue weighted by atomic mass is 19.4. The van der Waals surface area contributed by atoms with Crippen molar-refractivity contribution in [2.24, 2.45) is 5.16 Å². The molecule has 0 saturated heterocycles. The molecule has 5 nitrogen and oxygen atoms in total. The van der Waals surface area contributed by atoms with E-state index in [2.05, 4.69) is 14.7 Å². The zero-order chi connectivity index (χ0) is 12.1.